The van der Waals surface area contributed by atoms with Crippen LogP contribution in [0.2, 0.25) is 0 Å². The van der Waals surface area contributed by atoms with Crippen LogP contribution in [0.25, 0.3) is 6.08 Å². The second kappa shape index (κ2) is 4.68. The van der Waals surface area contributed by atoms with Gasteiger partial charge >= 0.3 is 0 Å². The lowest BCUT2D eigenvalue weighted by molar-refractivity contribution is 0.625. The van der Waals surface area contributed by atoms with Gasteiger partial charge < -0.3 is 0 Å². The minimum atomic E-state index is -0.322. The molecule has 0 aliphatic carbocycles. The molecule has 0 fully saturated rings. The number of hydrogen-bond donors (Lipinski definition) is 1. The molecule has 0 radical (unpaired) electrons. The molecule has 66 valence electrons. The van der Waals surface area contributed by atoms with E-state index in [0.29, 0.717) is 16.9 Å². The Morgan fingerprint density at radius 2 is 2.31 bits per heavy atom. The molecule has 1 rings (SSSR count). The highest BCUT2D eigenvalue weighted by Crippen LogP contribution is 2.11. The van der Waals surface area contributed by atoms with Crippen LogP contribution in [0.1, 0.15) is 11.1 Å². The first kappa shape index (κ1) is 9.82. The van der Waals surface area contributed by atoms with Gasteiger partial charge in [-0.2, -0.15) is 17.9 Å². The molecule has 3 heteroatoms. The van der Waals surface area contributed by atoms with Crippen LogP contribution in [-0.4, -0.2) is 5.75 Å². The molecule has 1 aromatic carbocycles. The van der Waals surface area contributed by atoms with Crippen molar-refractivity contribution >= 4 is 18.7 Å². The molecule has 0 unspecified atom stereocenters. The Kier molecular flexibility index (Phi) is 3.53. The van der Waals surface area contributed by atoms with Gasteiger partial charge in [0.25, 0.3) is 0 Å². The zero-order valence-electron chi connectivity index (χ0n) is 6.87. The summed E-state index contributed by atoms with van der Waals surface area (Å²) in [4.78, 5) is 0. The lowest BCUT2D eigenvalue weighted by atomic mass is 10.1. The van der Waals surface area contributed by atoms with E-state index in [9.17, 15) is 4.39 Å². The summed E-state index contributed by atoms with van der Waals surface area (Å²) >= 11 is 3.96. The third-order valence-electron chi connectivity index (χ3n) is 1.53. The summed E-state index contributed by atoms with van der Waals surface area (Å²) in [5, 5.41) is 8.57. The average Bonchev–Trinajstić information content (AvgIpc) is 2.17. The first-order valence-electron chi connectivity index (χ1n) is 3.75. The van der Waals surface area contributed by atoms with Gasteiger partial charge in [-0.1, -0.05) is 12.2 Å². The number of benzene rings is 1. The Morgan fingerprint density at radius 1 is 1.54 bits per heavy atom. The van der Waals surface area contributed by atoms with Crippen LogP contribution in [0, 0.1) is 17.1 Å². The highest BCUT2D eigenvalue weighted by Gasteiger charge is 1.98. The van der Waals surface area contributed by atoms with Crippen molar-refractivity contribution in [2.45, 2.75) is 0 Å². The molecule has 0 atom stereocenters. The van der Waals surface area contributed by atoms with Crippen molar-refractivity contribution in [3.63, 3.8) is 0 Å². The van der Waals surface area contributed by atoms with Gasteiger partial charge in [-0.05, 0) is 18.2 Å². The van der Waals surface area contributed by atoms with E-state index in [-0.39, 0.29) is 5.82 Å². The zero-order valence-corrected chi connectivity index (χ0v) is 7.76. The van der Waals surface area contributed by atoms with E-state index in [0.717, 1.165) is 0 Å². The molecule has 0 saturated carbocycles. The molecule has 0 aliphatic heterocycles. The van der Waals surface area contributed by atoms with Crippen molar-refractivity contribution in [1.29, 1.82) is 5.26 Å². The molecule has 0 amide bonds. The van der Waals surface area contributed by atoms with Gasteiger partial charge in [-0.3, -0.25) is 0 Å². The molecule has 1 nitrogen and oxygen atoms in total. The summed E-state index contributed by atoms with van der Waals surface area (Å²) < 4.78 is 13.0. The van der Waals surface area contributed by atoms with E-state index in [1.165, 1.54) is 18.2 Å². The zero-order chi connectivity index (χ0) is 9.68. The smallest absolute Gasteiger partial charge is 0.130 e. The van der Waals surface area contributed by atoms with E-state index < -0.39 is 0 Å². The van der Waals surface area contributed by atoms with Gasteiger partial charge in [0, 0.05) is 11.3 Å². The first-order chi connectivity index (χ1) is 6.27. The van der Waals surface area contributed by atoms with Crippen molar-refractivity contribution in [3.05, 3.63) is 41.2 Å². The van der Waals surface area contributed by atoms with Crippen LogP contribution >= 0.6 is 12.6 Å². The molecule has 0 aliphatic rings. The van der Waals surface area contributed by atoms with E-state index in [2.05, 4.69) is 12.6 Å². The fraction of sp³-hybridized carbons (Fsp3) is 0.100. The van der Waals surface area contributed by atoms with Gasteiger partial charge in [-0.15, -0.1) is 0 Å². The molecule has 0 N–H and O–H groups in total. The van der Waals surface area contributed by atoms with Gasteiger partial charge in [-0.25, -0.2) is 4.39 Å². The SMILES string of the molecule is N#Cc1ccc(F)c(C=CCS)c1. The minimum Gasteiger partial charge on any atom is -0.206 e. The van der Waals surface area contributed by atoms with Crippen molar-refractivity contribution in [2.24, 2.45) is 0 Å². The number of nitriles is 1. The summed E-state index contributed by atoms with van der Waals surface area (Å²) in [7, 11) is 0. The third-order valence-corrected chi connectivity index (χ3v) is 1.74. The topological polar surface area (TPSA) is 23.8 Å². The maximum atomic E-state index is 13.0. The van der Waals surface area contributed by atoms with Gasteiger partial charge in [0.15, 0.2) is 0 Å². The van der Waals surface area contributed by atoms with E-state index in [1.807, 2.05) is 6.07 Å². The average molecular weight is 193 g/mol. The number of rotatable bonds is 2. The number of hydrogen-bond acceptors (Lipinski definition) is 2. The van der Waals surface area contributed by atoms with Crippen molar-refractivity contribution < 1.29 is 4.39 Å². The van der Waals surface area contributed by atoms with Gasteiger partial charge in [0.05, 0.1) is 11.6 Å². The quantitative estimate of drug-likeness (QED) is 0.717. The van der Waals surface area contributed by atoms with Crippen LogP contribution in [0.15, 0.2) is 24.3 Å². The molecular formula is C10H8FNS. The largest absolute Gasteiger partial charge is 0.206 e. The third kappa shape index (κ3) is 2.60. The van der Waals surface area contributed by atoms with Crippen LogP contribution in [-0.2, 0) is 0 Å². The highest BCUT2D eigenvalue weighted by molar-refractivity contribution is 7.80. The minimum absolute atomic E-state index is 0.322. The summed E-state index contributed by atoms with van der Waals surface area (Å²) in [6.07, 6.45) is 3.34. The Morgan fingerprint density at radius 3 is 2.92 bits per heavy atom. The highest BCUT2D eigenvalue weighted by atomic mass is 32.1. The molecule has 0 spiro atoms. The summed E-state index contributed by atoms with van der Waals surface area (Å²) in [5.41, 5.74) is 0.883. The first-order valence-corrected chi connectivity index (χ1v) is 4.38. The lowest BCUT2D eigenvalue weighted by Gasteiger charge is -1.96. The fourth-order valence-electron chi connectivity index (χ4n) is 0.921. The monoisotopic (exact) mass is 193 g/mol. The molecule has 0 bridgehead atoms. The second-order valence-corrected chi connectivity index (χ2v) is 2.80. The predicted octanol–water partition coefficient (Wildman–Crippen LogP) is 2.64. The molecule has 1 aromatic rings. The molecule has 0 aromatic heterocycles. The molecule has 0 heterocycles. The van der Waals surface area contributed by atoms with Gasteiger partial charge in [0.2, 0.25) is 0 Å². The molecule has 13 heavy (non-hydrogen) atoms. The Balaban J connectivity index is 3.06. The van der Waals surface area contributed by atoms with Crippen molar-refractivity contribution in [1.82, 2.24) is 0 Å². The summed E-state index contributed by atoms with van der Waals surface area (Å²) in [6, 6.07) is 6.20. The van der Waals surface area contributed by atoms with E-state index in [1.54, 1.807) is 12.2 Å². The standard InChI is InChI=1S/C10H8FNS/c11-10-4-3-8(7-12)6-9(10)2-1-5-13/h1-4,6,13H,5H2. The lowest BCUT2D eigenvalue weighted by Crippen LogP contribution is -1.83. The van der Waals surface area contributed by atoms with Crippen molar-refractivity contribution in [3.8, 4) is 6.07 Å². The summed E-state index contributed by atoms with van der Waals surface area (Å²) in [6.45, 7) is 0. The number of halogens is 1. The van der Waals surface area contributed by atoms with Crippen LogP contribution in [0.3, 0.4) is 0 Å². The normalized spacial score (nSPS) is 10.2. The maximum Gasteiger partial charge on any atom is 0.130 e. The fourth-order valence-corrected chi connectivity index (χ4v) is 1.03. The van der Waals surface area contributed by atoms with E-state index in [4.69, 9.17) is 5.26 Å². The Bertz CT molecular complexity index is 366. The van der Waals surface area contributed by atoms with E-state index >= 15 is 0 Å². The second-order valence-electron chi connectivity index (χ2n) is 2.43. The number of thiol groups is 1. The van der Waals surface area contributed by atoms with Crippen LogP contribution in [0.5, 0.6) is 0 Å². The molecule has 0 saturated heterocycles. The Hall–Kier alpha value is -1.27. The van der Waals surface area contributed by atoms with Crippen molar-refractivity contribution in [2.75, 3.05) is 5.75 Å². The summed E-state index contributed by atoms with van der Waals surface area (Å²) in [5.74, 6) is 0.230. The maximum absolute atomic E-state index is 13.0. The van der Waals surface area contributed by atoms with Crippen LogP contribution < -0.4 is 0 Å². The molecular weight excluding hydrogens is 185 g/mol. The number of nitrogens with zero attached hydrogens (tertiary/aromatic N) is 1. The van der Waals surface area contributed by atoms with Gasteiger partial charge in [0.1, 0.15) is 5.82 Å². The van der Waals surface area contributed by atoms with Crippen LogP contribution in [0.4, 0.5) is 4.39 Å². The predicted molar refractivity (Wildman–Crippen MR) is 54.0 cm³/mol. The Labute approximate surface area is 81.9 Å².